The molecule has 0 amide bonds. The summed E-state index contributed by atoms with van der Waals surface area (Å²) in [5, 5.41) is 10.3. The zero-order chi connectivity index (χ0) is 15.9. The molecule has 1 N–H and O–H groups in total. The Hall–Kier alpha value is -2.22. The van der Waals surface area contributed by atoms with Crippen molar-refractivity contribution in [3.8, 4) is 11.5 Å². The average Bonchev–Trinajstić information content (AvgIpc) is 2.52. The van der Waals surface area contributed by atoms with E-state index >= 15 is 0 Å². The minimum absolute atomic E-state index is 0.323. The van der Waals surface area contributed by atoms with Gasteiger partial charge < -0.3 is 9.84 Å². The molecule has 0 aliphatic heterocycles. The largest absolute Gasteiger partial charge is 0.508 e. The number of phenolic OH excluding ortho intramolecular Hbond substituents is 1. The number of aromatic hydroxyl groups is 1. The highest BCUT2D eigenvalue weighted by Crippen LogP contribution is 2.32. The van der Waals surface area contributed by atoms with Crippen LogP contribution in [0.3, 0.4) is 0 Å². The molecule has 2 aromatic carbocycles. The van der Waals surface area contributed by atoms with Gasteiger partial charge in [0, 0.05) is 5.56 Å². The predicted octanol–water partition coefficient (Wildman–Crippen LogP) is 4.69. The Balaban J connectivity index is 2.13. The topological polar surface area (TPSA) is 29.5 Å². The highest BCUT2D eigenvalue weighted by Gasteiger charge is 2.11. The van der Waals surface area contributed by atoms with Crippen molar-refractivity contribution in [1.82, 2.24) is 0 Å². The van der Waals surface area contributed by atoms with Gasteiger partial charge in [-0.15, -0.1) is 6.58 Å². The van der Waals surface area contributed by atoms with Crippen LogP contribution in [0.4, 0.5) is 0 Å². The van der Waals surface area contributed by atoms with Gasteiger partial charge in [0.25, 0.3) is 0 Å². The van der Waals surface area contributed by atoms with Crippen molar-refractivity contribution in [2.75, 3.05) is 7.11 Å². The quantitative estimate of drug-likeness (QED) is 0.751. The van der Waals surface area contributed by atoms with Crippen LogP contribution in [0.5, 0.6) is 11.5 Å². The van der Waals surface area contributed by atoms with Crippen molar-refractivity contribution in [2.24, 2.45) is 0 Å². The van der Waals surface area contributed by atoms with Crippen LogP contribution >= 0.6 is 0 Å². The fourth-order valence-corrected chi connectivity index (χ4v) is 2.54. The first-order chi connectivity index (χ1) is 10.6. The number of phenols is 1. The zero-order valence-corrected chi connectivity index (χ0v) is 13.4. The molecule has 0 aliphatic rings. The van der Waals surface area contributed by atoms with Gasteiger partial charge in [-0.1, -0.05) is 35.9 Å². The lowest BCUT2D eigenvalue weighted by atomic mass is 9.99. The molecule has 0 atom stereocenters. The Labute approximate surface area is 133 Å². The minimum Gasteiger partial charge on any atom is -0.508 e. The second-order valence-electron chi connectivity index (χ2n) is 5.74. The van der Waals surface area contributed by atoms with Gasteiger partial charge in [-0.2, -0.15) is 0 Å². The molecule has 2 heteroatoms. The molecule has 2 rings (SSSR count). The van der Waals surface area contributed by atoms with E-state index in [9.17, 15) is 5.11 Å². The van der Waals surface area contributed by atoms with E-state index in [1.165, 1.54) is 5.56 Å². The van der Waals surface area contributed by atoms with Crippen molar-refractivity contribution in [3.63, 3.8) is 0 Å². The molecule has 0 fully saturated rings. The monoisotopic (exact) mass is 296 g/mol. The molecule has 22 heavy (non-hydrogen) atoms. The highest BCUT2D eigenvalue weighted by atomic mass is 16.5. The Morgan fingerprint density at radius 3 is 2.36 bits per heavy atom. The molecule has 2 nitrogen and oxygen atoms in total. The lowest BCUT2D eigenvalue weighted by molar-refractivity contribution is 0.398. The van der Waals surface area contributed by atoms with Crippen LogP contribution in [0.2, 0.25) is 0 Å². The normalized spacial score (nSPS) is 10.5. The smallest absolute Gasteiger partial charge is 0.126 e. The summed E-state index contributed by atoms with van der Waals surface area (Å²) in [7, 11) is 1.65. The zero-order valence-electron chi connectivity index (χ0n) is 13.4. The first kappa shape index (κ1) is 16.2. The molecule has 0 aliphatic carbocycles. The van der Waals surface area contributed by atoms with Crippen LogP contribution in [0.25, 0.3) is 0 Å². The molecule has 0 heterocycles. The number of aryl methyl sites for hydroxylation is 2. The Morgan fingerprint density at radius 1 is 1.05 bits per heavy atom. The number of allylic oxidation sites excluding steroid dienone is 1. The summed E-state index contributed by atoms with van der Waals surface area (Å²) in [5.41, 5.74) is 4.37. The summed E-state index contributed by atoms with van der Waals surface area (Å²) in [6.07, 6.45) is 3.44. The third-order valence-corrected chi connectivity index (χ3v) is 3.81. The Morgan fingerprint density at radius 2 is 1.73 bits per heavy atom. The maximum Gasteiger partial charge on any atom is 0.126 e. The summed E-state index contributed by atoms with van der Waals surface area (Å²) < 4.78 is 5.46. The molecule has 0 saturated carbocycles. The maximum absolute atomic E-state index is 10.3. The van der Waals surface area contributed by atoms with Gasteiger partial charge in [-0.25, -0.2) is 0 Å². The van der Waals surface area contributed by atoms with Crippen LogP contribution in [0, 0.1) is 0 Å². The van der Waals surface area contributed by atoms with E-state index < -0.39 is 0 Å². The molecule has 0 bridgehead atoms. The van der Waals surface area contributed by atoms with Crippen molar-refractivity contribution < 1.29 is 9.84 Å². The minimum atomic E-state index is 0.323. The molecule has 0 unspecified atom stereocenters. The predicted molar refractivity (Wildman–Crippen MR) is 91.6 cm³/mol. The van der Waals surface area contributed by atoms with Crippen LogP contribution in [0.15, 0.2) is 54.6 Å². The molecule has 116 valence electrons. The van der Waals surface area contributed by atoms with Crippen molar-refractivity contribution in [3.05, 3.63) is 71.3 Å². The van der Waals surface area contributed by atoms with Gasteiger partial charge in [0.15, 0.2) is 0 Å². The fourth-order valence-electron chi connectivity index (χ4n) is 2.54. The number of benzene rings is 2. The van der Waals surface area contributed by atoms with Gasteiger partial charge in [0.05, 0.1) is 7.11 Å². The molecule has 0 spiro atoms. The summed E-state index contributed by atoms with van der Waals surface area (Å²) in [6, 6.07) is 14.3. The SMILES string of the molecule is C=C(C)CCc1c(O)cc(CCc2ccccc2)cc1OC. The lowest BCUT2D eigenvalue weighted by Gasteiger charge is -2.13. The molecule has 2 aromatic rings. The number of methoxy groups -OCH3 is 1. The van der Waals surface area contributed by atoms with Crippen molar-refractivity contribution in [1.29, 1.82) is 0 Å². The van der Waals surface area contributed by atoms with E-state index in [2.05, 4.69) is 18.7 Å². The summed E-state index contributed by atoms with van der Waals surface area (Å²) in [4.78, 5) is 0. The molecular weight excluding hydrogens is 272 g/mol. The highest BCUT2D eigenvalue weighted by molar-refractivity contribution is 5.48. The van der Waals surface area contributed by atoms with E-state index in [4.69, 9.17) is 4.74 Å². The first-order valence-electron chi connectivity index (χ1n) is 7.67. The van der Waals surface area contributed by atoms with Crippen LogP contribution in [0.1, 0.15) is 30.0 Å². The van der Waals surface area contributed by atoms with E-state index in [1.807, 2.05) is 37.3 Å². The van der Waals surface area contributed by atoms with E-state index in [-0.39, 0.29) is 0 Å². The Bertz CT molecular complexity index is 630. The summed E-state index contributed by atoms with van der Waals surface area (Å²) in [5.74, 6) is 1.09. The number of hydrogen-bond donors (Lipinski definition) is 1. The third kappa shape index (κ3) is 4.39. The van der Waals surface area contributed by atoms with Crippen molar-refractivity contribution in [2.45, 2.75) is 32.6 Å². The van der Waals surface area contributed by atoms with Gasteiger partial charge >= 0.3 is 0 Å². The van der Waals surface area contributed by atoms with Gasteiger partial charge in [-0.05, 0) is 55.9 Å². The second kappa shape index (κ2) is 7.69. The van der Waals surface area contributed by atoms with Gasteiger partial charge in [0.1, 0.15) is 11.5 Å². The molecule has 0 aromatic heterocycles. The van der Waals surface area contributed by atoms with Crippen LogP contribution in [-0.4, -0.2) is 12.2 Å². The van der Waals surface area contributed by atoms with E-state index in [0.717, 1.165) is 48.1 Å². The third-order valence-electron chi connectivity index (χ3n) is 3.81. The number of ether oxygens (including phenoxy) is 1. The van der Waals surface area contributed by atoms with Crippen molar-refractivity contribution >= 4 is 0 Å². The standard InChI is InChI=1S/C20H24O2/c1-15(2)9-12-18-19(21)13-17(14-20(18)22-3)11-10-16-7-5-4-6-8-16/h4-8,13-14,21H,1,9-12H2,2-3H3. The fraction of sp³-hybridized carbons (Fsp3) is 0.300. The molecule has 0 radical (unpaired) electrons. The summed E-state index contributed by atoms with van der Waals surface area (Å²) >= 11 is 0. The Kier molecular flexibility index (Phi) is 5.65. The second-order valence-corrected chi connectivity index (χ2v) is 5.74. The first-order valence-corrected chi connectivity index (χ1v) is 7.67. The van der Waals surface area contributed by atoms with Crippen LogP contribution in [-0.2, 0) is 19.3 Å². The summed E-state index contributed by atoms with van der Waals surface area (Å²) in [6.45, 7) is 5.91. The number of hydrogen-bond acceptors (Lipinski definition) is 2. The maximum atomic E-state index is 10.3. The lowest BCUT2D eigenvalue weighted by Crippen LogP contribution is -1.98. The molecular formula is C20H24O2. The van der Waals surface area contributed by atoms with E-state index in [0.29, 0.717) is 5.75 Å². The van der Waals surface area contributed by atoms with Crippen LogP contribution < -0.4 is 4.74 Å². The number of rotatable bonds is 7. The van der Waals surface area contributed by atoms with Gasteiger partial charge in [-0.3, -0.25) is 0 Å². The van der Waals surface area contributed by atoms with Gasteiger partial charge in [0.2, 0.25) is 0 Å². The van der Waals surface area contributed by atoms with E-state index in [1.54, 1.807) is 7.11 Å². The average molecular weight is 296 g/mol. The molecule has 0 saturated heterocycles.